The van der Waals surface area contributed by atoms with Crippen LogP contribution >= 0.6 is 0 Å². The van der Waals surface area contributed by atoms with E-state index in [2.05, 4.69) is 28.9 Å². The summed E-state index contributed by atoms with van der Waals surface area (Å²) < 4.78 is 9.87. The Bertz CT molecular complexity index is 1180. The Balaban J connectivity index is 1.56. The van der Waals surface area contributed by atoms with E-state index in [-0.39, 0.29) is 11.2 Å². The Morgan fingerprint density at radius 1 is 1.00 bits per heavy atom. The summed E-state index contributed by atoms with van der Waals surface area (Å²) in [6, 6.07) is 8.15. The normalized spacial score (nSPS) is 15.0. The largest absolute Gasteiger partial charge is 0.497 e. The first-order chi connectivity index (χ1) is 14.9. The van der Waals surface area contributed by atoms with Gasteiger partial charge in [0.1, 0.15) is 11.6 Å². The van der Waals surface area contributed by atoms with Crippen LogP contribution in [0.2, 0.25) is 0 Å². The summed E-state index contributed by atoms with van der Waals surface area (Å²) >= 11 is 0. The minimum atomic E-state index is -0.349. The zero-order valence-corrected chi connectivity index (χ0v) is 18.7. The molecule has 31 heavy (non-hydrogen) atoms. The van der Waals surface area contributed by atoms with Crippen LogP contribution in [0.25, 0.3) is 11.2 Å². The molecule has 9 nitrogen and oxygen atoms in total. The van der Waals surface area contributed by atoms with E-state index in [1.165, 1.54) is 17.3 Å². The van der Waals surface area contributed by atoms with E-state index in [9.17, 15) is 9.59 Å². The number of aromatic nitrogens is 4. The van der Waals surface area contributed by atoms with Crippen LogP contribution in [0.4, 0.5) is 5.69 Å². The van der Waals surface area contributed by atoms with Gasteiger partial charge in [0.15, 0.2) is 11.2 Å². The SMILES string of the molecule is CCCn1c(CN2CCN(c3ccc(OC)cc3)CC2)nc2c1c(=O)n(C)c(=O)n2C. The van der Waals surface area contributed by atoms with E-state index in [1.807, 2.05) is 16.7 Å². The Labute approximate surface area is 181 Å². The Morgan fingerprint density at radius 3 is 2.29 bits per heavy atom. The van der Waals surface area contributed by atoms with E-state index in [0.717, 1.165) is 48.7 Å². The van der Waals surface area contributed by atoms with Gasteiger partial charge in [-0.25, -0.2) is 9.78 Å². The number of aryl methyl sites for hydroxylation is 2. The van der Waals surface area contributed by atoms with Crippen LogP contribution in [0.1, 0.15) is 19.2 Å². The zero-order valence-electron chi connectivity index (χ0n) is 18.7. The fourth-order valence-corrected chi connectivity index (χ4v) is 4.23. The van der Waals surface area contributed by atoms with Crippen molar-refractivity contribution in [1.29, 1.82) is 0 Å². The van der Waals surface area contributed by atoms with Gasteiger partial charge in [-0.2, -0.15) is 0 Å². The van der Waals surface area contributed by atoms with Gasteiger partial charge in [0.05, 0.1) is 13.7 Å². The van der Waals surface area contributed by atoms with Crippen molar-refractivity contribution >= 4 is 16.9 Å². The van der Waals surface area contributed by atoms with Gasteiger partial charge in [-0.05, 0) is 30.7 Å². The van der Waals surface area contributed by atoms with Gasteiger partial charge in [-0.1, -0.05) is 6.92 Å². The predicted octanol–water partition coefficient (Wildman–Crippen LogP) is 1.17. The van der Waals surface area contributed by atoms with Gasteiger partial charge in [-0.15, -0.1) is 0 Å². The quantitative estimate of drug-likeness (QED) is 0.589. The van der Waals surface area contributed by atoms with Crippen LogP contribution in [0, 0.1) is 0 Å². The molecule has 0 unspecified atom stereocenters. The number of piperazine rings is 1. The highest BCUT2D eigenvalue weighted by molar-refractivity contribution is 5.71. The lowest BCUT2D eigenvalue weighted by Crippen LogP contribution is -2.46. The number of ether oxygens (including phenoxy) is 1. The number of benzene rings is 1. The summed E-state index contributed by atoms with van der Waals surface area (Å²) in [6.07, 6.45) is 0.885. The number of hydrogen-bond donors (Lipinski definition) is 0. The van der Waals surface area contributed by atoms with E-state index in [4.69, 9.17) is 9.72 Å². The number of anilines is 1. The molecule has 9 heteroatoms. The first-order valence-electron chi connectivity index (χ1n) is 10.7. The number of hydrogen-bond acceptors (Lipinski definition) is 6. The van der Waals surface area contributed by atoms with Crippen LogP contribution in [-0.4, -0.2) is 56.9 Å². The van der Waals surface area contributed by atoms with Crippen molar-refractivity contribution in [3.05, 3.63) is 50.9 Å². The second-order valence-electron chi connectivity index (χ2n) is 8.02. The van der Waals surface area contributed by atoms with Gasteiger partial charge in [0.25, 0.3) is 5.56 Å². The first kappa shape index (κ1) is 21.2. The molecule has 0 saturated carbocycles. The average molecular weight is 427 g/mol. The molecule has 1 saturated heterocycles. The Morgan fingerprint density at radius 2 is 1.68 bits per heavy atom. The molecule has 1 fully saturated rings. The van der Waals surface area contributed by atoms with Crippen LogP contribution < -0.4 is 20.9 Å². The molecule has 0 bridgehead atoms. The van der Waals surface area contributed by atoms with Crippen molar-refractivity contribution in [3.8, 4) is 5.75 Å². The Hall–Kier alpha value is -3.07. The third-order valence-electron chi connectivity index (χ3n) is 6.05. The van der Waals surface area contributed by atoms with Crippen molar-refractivity contribution in [2.75, 3.05) is 38.2 Å². The molecule has 0 aliphatic carbocycles. The zero-order chi connectivity index (χ0) is 22.1. The van der Waals surface area contributed by atoms with Gasteiger partial charge < -0.3 is 14.2 Å². The lowest BCUT2D eigenvalue weighted by molar-refractivity contribution is 0.241. The fourth-order valence-electron chi connectivity index (χ4n) is 4.23. The second kappa shape index (κ2) is 8.58. The minimum absolute atomic E-state index is 0.283. The third-order valence-corrected chi connectivity index (χ3v) is 6.05. The van der Waals surface area contributed by atoms with Gasteiger partial charge >= 0.3 is 5.69 Å². The molecule has 0 amide bonds. The number of methoxy groups -OCH3 is 1. The van der Waals surface area contributed by atoms with E-state index < -0.39 is 0 Å². The molecule has 166 valence electrons. The predicted molar refractivity (Wildman–Crippen MR) is 121 cm³/mol. The summed E-state index contributed by atoms with van der Waals surface area (Å²) in [5.74, 6) is 1.70. The first-order valence-corrected chi connectivity index (χ1v) is 10.7. The molecule has 2 aromatic heterocycles. The van der Waals surface area contributed by atoms with E-state index >= 15 is 0 Å². The lowest BCUT2D eigenvalue weighted by atomic mass is 10.2. The maximum Gasteiger partial charge on any atom is 0.332 e. The molecule has 0 N–H and O–H groups in total. The maximum atomic E-state index is 12.8. The Kier molecular flexibility index (Phi) is 5.86. The number of imidazole rings is 1. The summed E-state index contributed by atoms with van der Waals surface area (Å²) in [7, 11) is 4.86. The summed E-state index contributed by atoms with van der Waals surface area (Å²) in [5, 5.41) is 0. The number of fused-ring (bicyclic) bond motifs is 1. The van der Waals surface area contributed by atoms with Gasteiger partial charge in [-0.3, -0.25) is 18.8 Å². The standard InChI is InChI=1S/C22H30N6O3/c1-5-10-28-18(23-20-19(28)21(29)25(3)22(30)24(20)2)15-26-11-13-27(14-12-26)16-6-8-17(31-4)9-7-16/h6-9H,5,10-15H2,1-4H3. The molecule has 0 spiro atoms. The number of nitrogens with zero attached hydrogens (tertiary/aromatic N) is 6. The van der Waals surface area contributed by atoms with Crippen molar-refractivity contribution in [2.24, 2.45) is 14.1 Å². The topological polar surface area (TPSA) is 77.5 Å². The highest BCUT2D eigenvalue weighted by Crippen LogP contribution is 2.21. The highest BCUT2D eigenvalue weighted by atomic mass is 16.5. The van der Waals surface area contributed by atoms with Crippen molar-refractivity contribution < 1.29 is 4.74 Å². The van der Waals surface area contributed by atoms with Gasteiger partial charge in [0.2, 0.25) is 0 Å². The van der Waals surface area contributed by atoms with Crippen LogP contribution in [0.5, 0.6) is 5.75 Å². The third kappa shape index (κ3) is 3.85. The molecule has 4 rings (SSSR count). The summed E-state index contributed by atoms with van der Waals surface area (Å²) in [6.45, 7) is 7.07. The van der Waals surface area contributed by atoms with E-state index in [0.29, 0.717) is 24.3 Å². The molecule has 1 aliphatic rings. The van der Waals surface area contributed by atoms with Crippen molar-refractivity contribution in [1.82, 2.24) is 23.6 Å². The molecule has 3 aromatic rings. The molecule has 0 radical (unpaired) electrons. The maximum absolute atomic E-state index is 12.8. The fraction of sp³-hybridized carbons (Fsp3) is 0.500. The monoisotopic (exact) mass is 426 g/mol. The molecule has 1 aliphatic heterocycles. The summed E-state index contributed by atoms with van der Waals surface area (Å²) in [4.78, 5) is 34.6. The van der Waals surface area contributed by atoms with Crippen LogP contribution in [0.3, 0.4) is 0 Å². The highest BCUT2D eigenvalue weighted by Gasteiger charge is 2.23. The minimum Gasteiger partial charge on any atom is -0.497 e. The molecular formula is C22H30N6O3. The molecule has 3 heterocycles. The lowest BCUT2D eigenvalue weighted by Gasteiger charge is -2.36. The van der Waals surface area contributed by atoms with E-state index in [1.54, 1.807) is 14.2 Å². The molecular weight excluding hydrogens is 396 g/mol. The number of rotatable bonds is 6. The smallest absolute Gasteiger partial charge is 0.332 e. The van der Waals surface area contributed by atoms with Gasteiger partial charge in [0, 0.05) is 52.5 Å². The van der Waals surface area contributed by atoms with Crippen molar-refractivity contribution in [2.45, 2.75) is 26.4 Å². The molecule has 0 atom stereocenters. The average Bonchev–Trinajstić information content (AvgIpc) is 3.15. The second-order valence-corrected chi connectivity index (χ2v) is 8.02. The molecule has 1 aromatic carbocycles. The summed E-state index contributed by atoms with van der Waals surface area (Å²) in [5.41, 5.74) is 1.54. The van der Waals surface area contributed by atoms with Crippen LogP contribution in [-0.2, 0) is 27.2 Å². The van der Waals surface area contributed by atoms with Crippen molar-refractivity contribution in [3.63, 3.8) is 0 Å². The van der Waals surface area contributed by atoms with Crippen LogP contribution in [0.15, 0.2) is 33.9 Å².